The summed E-state index contributed by atoms with van der Waals surface area (Å²) < 4.78 is 0. The van der Waals surface area contributed by atoms with E-state index in [1.165, 1.54) is 12.3 Å². The molecule has 1 N–H and O–H groups in total. The number of hydrogen-bond acceptors (Lipinski definition) is 2. The SMILES string of the molecule is O=C(O)C=Cc1cn[c]c(Cl)c1. The van der Waals surface area contributed by atoms with E-state index >= 15 is 0 Å². The van der Waals surface area contributed by atoms with Gasteiger partial charge in [-0.25, -0.2) is 4.79 Å². The van der Waals surface area contributed by atoms with Gasteiger partial charge in [0.05, 0.1) is 5.02 Å². The zero-order valence-corrected chi connectivity index (χ0v) is 6.75. The van der Waals surface area contributed by atoms with Crippen LogP contribution in [-0.4, -0.2) is 16.1 Å². The van der Waals surface area contributed by atoms with Gasteiger partial charge >= 0.3 is 5.97 Å². The lowest BCUT2D eigenvalue weighted by Crippen LogP contribution is -1.85. The Kier molecular flexibility index (Phi) is 2.82. The maximum absolute atomic E-state index is 10.1. The number of rotatable bonds is 2. The highest BCUT2D eigenvalue weighted by molar-refractivity contribution is 6.30. The molecule has 0 aliphatic rings. The van der Waals surface area contributed by atoms with E-state index in [9.17, 15) is 4.79 Å². The smallest absolute Gasteiger partial charge is 0.328 e. The third-order valence-corrected chi connectivity index (χ3v) is 1.29. The van der Waals surface area contributed by atoms with Gasteiger partial charge < -0.3 is 5.11 Å². The number of halogens is 1. The first-order valence-corrected chi connectivity index (χ1v) is 3.50. The van der Waals surface area contributed by atoms with Gasteiger partial charge in [-0.05, 0) is 17.7 Å². The van der Waals surface area contributed by atoms with Gasteiger partial charge in [0.2, 0.25) is 0 Å². The van der Waals surface area contributed by atoms with Crippen molar-refractivity contribution in [3.8, 4) is 0 Å². The molecule has 12 heavy (non-hydrogen) atoms. The Morgan fingerprint density at radius 3 is 3.08 bits per heavy atom. The van der Waals surface area contributed by atoms with Crippen molar-refractivity contribution in [1.82, 2.24) is 4.98 Å². The molecule has 0 spiro atoms. The van der Waals surface area contributed by atoms with Crippen molar-refractivity contribution in [3.63, 3.8) is 0 Å². The van der Waals surface area contributed by atoms with Gasteiger partial charge in [0.15, 0.2) is 0 Å². The molecule has 0 aliphatic carbocycles. The quantitative estimate of drug-likeness (QED) is 0.708. The maximum Gasteiger partial charge on any atom is 0.328 e. The van der Waals surface area contributed by atoms with E-state index < -0.39 is 5.97 Å². The van der Waals surface area contributed by atoms with Crippen molar-refractivity contribution >= 4 is 23.6 Å². The molecule has 0 aliphatic heterocycles. The van der Waals surface area contributed by atoms with E-state index in [0.717, 1.165) is 6.08 Å². The molecule has 3 nitrogen and oxygen atoms in total. The van der Waals surface area contributed by atoms with Gasteiger partial charge in [-0.1, -0.05) is 11.6 Å². The van der Waals surface area contributed by atoms with Crippen LogP contribution in [0.3, 0.4) is 0 Å². The summed E-state index contributed by atoms with van der Waals surface area (Å²) in [7, 11) is 0. The molecule has 0 atom stereocenters. The molecule has 1 heterocycles. The number of carboxylic acid groups (broad SMARTS) is 1. The van der Waals surface area contributed by atoms with Gasteiger partial charge in [-0.3, -0.25) is 4.98 Å². The Hall–Kier alpha value is -1.35. The fraction of sp³-hybridized carbons (Fsp3) is 0. The second-order valence-corrected chi connectivity index (χ2v) is 2.44. The van der Waals surface area contributed by atoms with Gasteiger partial charge in [0, 0.05) is 12.3 Å². The van der Waals surface area contributed by atoms with Crippen LogP contribution in [0.25, 0.3) is 6.08 Å². The normalized spacial score (nSPS) is 10.4. The third-order valence-electron chi connectivity index (χ3n) is 1.10. The van der Waals surface area contributed by atoms with Crippen LogP contribution in [0.1, 0.15) is 5.56 Å². The molecule has 61 valence electrons. The molecule has 4 heteroatoms. The number of pyridine rings is 1. The first-order chi connectivity index (χ1) is 5.68. The summed E-state index contributed by atoms with van der Waals surface area (Å²) in [5.41, 5.74) is 0.640. The Labute approximate surface area is 74.3 Å². The molecular weight excluding hydrogens is 178 g/mol. The molecule has 0 saturated carbocycles. The van der Waals surface area contributed by atoms with Gasteiger partial charge in [0.1, 0.15) is 6.20 Å². The molecule has 1 rings (SSSR count). The fourth-order valence-electron chi connectivity index (χ4n) is 0.643. The first kappa shape index (κ1) is 8.74. The molecule has 0 fully saturated rings. The summed E-state index contributed by atoms with van der Waals surface area (Å²) in [4.78, 5) is 13.8. The van der Waals surface area contributed by atoms with Crippen LogP contribution < -0.4 is 0 Å². The highest BCUT2D eigenvalue weighted by Crippen LogP contribution is 2.08. The van der Waals surface area contributed by atoms with Crippen molar-refractivity contribution in [2.75, 3.05) is 0 Å². The molecule has 1 aromatic rings. The van der Waals surface area contributed by atoms with E-state index in [1.54, 1.807) is 6.07 Å². The van der Waals surface area contributed by atoms with E-state index in [0.29, 0.717) is 10.6 Å². The van der Waals surface area contributed by atoms with Crippen molar-refractivity contribution in [3.05, 3.63) is 35.1 Å². The van der Waals surface area contributed by atoms with Crippen LogP contribution in [-0.2, 0) is 4.79 Å². The Balaban J connectivity index is 2.83. The zero-order chi connectivity index (χ0) is 8.97. The minimum atomic E-state index is -1.00. The van der Waals surface area contributed by atoms with Crippen LogP contribution in [0.4, 0.5) is 0 Å². The summed E-state index contributed by atoms with van der Waals surface area (Å²) in [6.07, 6.45) is 6.40. The molecular formula is C8H5ClNO2. The summed E-state index contributed by atoms with van der Waals surface area (Å²) in [5, 5.41) is 8.66. The summed E-state index contributed by atoms with van der Waals surface area (Å²) in [5.74, 6) is -1.00. The average Bonchev–Trinajstić information content (AvgIpc) is 2.01. The highest BCUT2D eigenvalue weighted by atomic mass is 35.5. The maximum atomic E-state index is 10.1. The summed E-state index contributed by atoms with van der Waals surface area (Å²) in [6, 6.07) is 1.58. The largest absolute Gasteiger partial charge is 0.478 e. The number of hydrogen-bond donors (Lipinski definition) is 1. The molecule has 0 aromatic carbocycles. The standard InChI is InChI=1S/C8H5ClNO2/c9-7-3-6(4-10-5-7)1-2-8(11)12/h1-4H,(H,11,12). The monoisotopic (exact) mass is 182 g/mol. The van der Waals surface area contributed by atoms with Crippen LogP contribution in [0, 0.1) is 6.20 Å². The summed E-state index contributed by atoms with van der Waals surface area (Å²) >= 11 is 5.56. The van der Waals surface area contributed by atoms with Crippen LogP contribution in [0.2, 0.25) is 5.02 Å². The predicted octanol–water partition coefficient (Wildman–Crippen LogP) is 1.63. The fourth-order valence-corrected chi connectivity index (χ4v) is 0.818. The van der Waals surface area contributed by atoms with Gasteiger partial charge in [0.25, 0.3) is 0 Å². The Morgan fingerprint density at radius 1 is 1.75 bits per heavy atom. The van der Waals surface area contributed by atoms with E-state index in [1.807, 2.05) is 0 Å². The van der Waals surface area contributed by atoms with Gasteiger partial charge in [-0.15, -0.1) is 0 Å². The minimum absolute atomic E-state index is 0.363. The number of aliphatic carboxylic acids is 1. The topological polar surface area (TPSA) is 50.2 Å². The molecule has 0 saturated heterocycles. The minimum Gasteiger partial charge on any atom is -0.478 e. The van der Waals surface area contributed by atoms with Crippen LogP contribution >= 0.6 is 11.6 Å². The summed E-state index contributed by atoms with van der Waals surface area (Å²) in [6.45, 7) is 0. The number of carboxylic acids is 1. The van der Waals surface area contributed by atoms with Crippen LogP contribution in [0.5, 0.6) is 0 Å². The predicted molar refractivity (Wildman–Crippen MR) is 44.8 cm³/mol. The van der Waals surface area contributed by atoms with Crippen molar-refractivity contribution in [2.45, 2.75) is 0 Å². The Bertz CT molecular complexity index is 323. The second kappa shape index (κ2) is 3.88. The van der Waals surface area contributed by atoms with E-state index in [4.69, 9.17) is 16.7 Å². The molecule has 0 bridgehead atoms. The average molecular weight is 183 g/mol. The van der Waals surface area contributed by atoms with Crippen molar-refractivity contribution in [1.29, 1.82) is 0 Å². The molecule has 1 aromatic heterocycles. The second-order valence-electron chi connectivity index (χ2n) is 2.03. The van der Waals surface area contributed by atoms with E-state index in [2.05, 4.69) is 11.2 Å². The number of carbonyl (C=O) groups is 1. The lowest BCUT2D eigenvalue weighted by Gasteiger charge is -1.90. The third kappa shape index (κ3) is 2.72. The Morgan fingerprint density at radius 2 is 2.50 bits per heavy atom. The molecule has 1 radical (unpaired) electrons. The number of aromatic nitrogens is 1. The van der Waals surface area contributed by atoms with Gasteiger partial charge in [-0.2, -0.15) is 0 Å². The lowest BCUT2D eigenvalue weighted by molar-refractivity contribution is -0.131. The molecule has 0 unspecified atom stereocenters. The van der Waals surface area contributed by atoms with Crippen LogP contribution in [0.15, 0.2) is 18.3 Å². The van der Waals surface area contributed by atoms with Crippen molar-refractivity contribution in [2.24, 2.45) is 0 Å². The first-order valence-electron chi connectivity index (χ1n) is 3.13. The lowest BCUT2D eigenvalue weighted by atomic mass is 10.2. The number of nitrogens with zero attached hydrogens (tertiary/aromatic N) is 1. The molecule has 0 amide bonds. The van der Waals surface area contributed by atoms with E-state index in [-0.39, 0.29) is 0 Å². The van der Waals surface area contributed by atoms with Crippen molar-refractivity contribution < 1.29 is 9.90 Å². The zero-order valence-electron chi connectivity index (χ0n) is 5.99. The highest BCUT2D eigenvalue weighted by Gasteiger charge is 1.91.